The molecule has 2 aliphatic heterocycles. The summed E-state index contributed by atoms with van der Waals surface area (Å²) in [5, 5.41) is 10.9. The summed E-state index contributed by atoms with van der Waals surface area (Å²) >= 11 is 0. The number of methoxy groups -OCH3 is 1. The van der Waals surface area contributed by atoms with E-state index in [1.807, 2.05) is 121 Å². The molecule has 10 atom stereocenters. The molecule has 0 aliphatic carbocycles. The molecule has 0 saturated carbocycles. The maximum absolute atomic E-state index is 14.1. The molecule has 358 valence electrons. The van der Waals surface area contributed by atoms with Gasteiger partial charge in [-0.15, -0.1) is 0 Å². The van der Waals surface area contributed by atoms with Gasteiger partial charge in [0.1, 0.15) is 30.5 Å². The van der Waals surface area contributed by atoms with Gasteiger partial charge in [0.25, 0.3) is 0 Å². The minimum absolute atomic E-state index is 0.0379. The second kappa shape index (κ2) is 24.6. The van der Waals surface area contributed by atoms with E-state index in [-0.39, 0.29) is 44.2 Å². The van der Waals surface area contributed by atoms with Crippen molar-refractivity contribution in [3.8, 4) is 0 Å². The molecule has 0 aromatic heterocycles. The summed E-state index contributed by atoms with van der Waals surface area (Å²) in [5.41, 5.74) is 3.77. The zero-order valence-corrected chi connectivity index (χ0v) is 37.9. The Bertz CT molecular complexity index is 2480. The van der Waals surface area contributed by atoms with Crippen LogP contribution in [-0.4, -0.2) is 98.1 Å². The summed E-state index contributed by atoms with van der Waals surface area (Å²) in [6.45, 7) is 0.501. The van der Waals surface area contributed by atoms with Gasteiger partial charge in [0.2, 0.25) is 0 Å². The highest BCUT2D eigenvalue weighted by Gasteiger charge is 2.57. The molecule has 0 unspecified atom stereocenters. The average molecular weight is 939 g/mol. The first-order valence-electron chi connectivity index (χ1n) is 22.7. The van der Waals surface area contributed by atoms with Gasteiger partial charge in [-0.25, -0.2) is 14.4 Å². The van der Waals surface area contributed by atoms with Crippen LogP contribution >= 0.6 is 0 Å². The molecule has 6 aromatic rings. The molecule has 0 radical (unpaired) electrons. The number of carboxylic acid groups (broad SMARTS) is 1. The Morgan fingerprint density at radius 3 is 1.30 bits per heavy atom. The second-order valence-electron chi connectivity index (χ2n) is 16.4. The largest absolute Gasteiger partial charge is 0.479 e. The van der Waals surface area contributed by atoms with Crippen molar-refractivity contribution in [3.63, 3.8) is 0 Å². The number of carbonyl (C=O) groups excluding carboxylic acids is 2. The van der Waals surface area contributed by atoms with Crippen molar-refractivity contribution in [3.05, 3.63) is 215 Å². The first kappa shape index (κ1) is 48.9. The van der Waals surface area contributed by atoms with Crippen LogP contribution in [0.4, 0.5) is 0 Å². The lowest BCUT2D eigenvalue weighted by atomic mass is 9.95. The molecule has 6 aromatic carbocycles. The number of rotatable bonds is 21. The second-order valence-corrected chi connectivity index (χ2v) is 16.4. The van der Waals surface area contributed by atoms with E-state index in [0.717, 1.165) is 22.3 Å². The highest BCUT2D eigenvalue weighted by molar-refractivity contribution is 5.90. The lowest BCUT2D eigenvalue weighted by Gasteiger charge is -2.49. The van der Waals surface area contributed by atoms with E-state index in [2.05, 4.69) is 0 Å². The zero-order chi connectivity index (χ0) is 47.8. The lowest BCUT2D eigenvalue weighted by Crippen LogP contribution is -2.67. The number of hydrogen-bond acceptors (Lipinski definition) is 13. The SMILES string of the molecule is CO[C@@H]1O[C@H](C(=O)O)[C@@H](O[C@H]2O[C@H](COCc3ccccc3)[C@@H](OCc3ccccc3)[C@H](OCc3ccccc3)[C@H]2OCc2ccccc2)[C@H](OC(=O)c2ccccc2)[C@H]1OC(=O)c1ccccc1. The molecule has 2 fully saturated rings. The lowest BCUT2D eigenvalue weighted by molar-refractivity contribution is -0.364. The highest BCUT2D eigenvalue weighted by Crippen LogP contribution is 2.37. The molecular weight excluding hydrogens is 885 g/mol. The number of aliphatic carboxylic acids is 1. The van der Waals surface area contributed by atoms with Crippen molar-refractivity contribution in [2.24, 2.45) is 0 Å². The van der Waals surface area contributed by atoms with Gasteiger partial charge in [0, 0.05) is 7.11 Å². The number of carbonyl (C=O) groups is 3. The van der Waals surface area contributed by atoms with Crippen molar-refractivity contribution in [2.45, 2.75) is 87.8 Å². The predicted molar refractivity (Wildman–Crippen MR) is 249 cm³/mol. The molecule has 0 bridgehead atoms. The minimum Gasteiger partial charge on any atom is -0.479 e. The number of hydrogen-bond donors (Lipinski definition) is 1. The molecule has 69 heavy (non-hydrogen) atoms. The van der Waals surface area contributed by atoms with E-state index in [1.54, 1.807) is 48.5 Å². The third-order valence-electron chi connectivity index (χ3n) is 11.6. The van der Waals surface area contributed by atoms with Gasteiger partial charge < -0.3 is 52.5 Å². The third kappa shape index (κ3) is 13.1. The van der Waals surface area contributed by atoms with Crippen molar-refractivity contribution < 1.29 is 66.9 Å². The molecule has 0 amide bonds. The third-order valence-corrected chi connectivity index (χ3v) is 11.6. The van der Waals surface area contributed by atoms with Crippen LogP contribution in [0.2, 0.25) is 0 Å². The number of esters is 2. The summed E-state index contributed by atoms with van der Waals surface area (Å²) in [6, 6.07) is 54.5. The molecule has 14 nitrogen and oxygen atoms in total. The fourth-order valence-electron chi connectivity index (χ4n) is 8.15. The Morgan fingerprint density at radius 1 is 0.449 bits per heavy atom. The summed E-state index contributed by atoms with van der Waals surface area (Å²) in [5.74, 6) is -3.17. The van der Waals surface area contributed by atoms with Crippen LogP contribution < -0.4 is 0 Å². The van der Waals surface area contributed by atoms with Crippen LogP contribution in [0.5, 0.6) is 0 Å². The smallest absolute Gasteiger partial charge is 0.338 e. The van der Waals surface area contributed by atoms with Crippen molar-refractivity contribution in [1.29, 1.82) is 0 Å². The quantitative estimate of drug-likeness (QED) is 0.0691. The number of benzene rings is 6. The topological polar surface area (TPSA) is 164 Å². The molecule has 2 aliphatic rings. The summed E-state index contributed by atoms with van der Waals surface area (Å²) in [6.07, 6.45) is -13.8. The van der Waals surface area contributed by atoms with Crippen LogP contribution in [-0.2, 0) is 78.6 Å². The number of carboxylic acids is 1. The van der Waals surface area contributed by atoms with Gasteiger partial charge in [-0.2, -0.15) is 0 Å². The predicted octanol–water partition coefficient (Wildman–Crippen LogP) is 7.98. The first-order valence-corrected chi connectivity index (χ1v) is 22.7. The zero-order valence-electron chi connectivity index (χ0n) is 37.9. The Morgan fingerprint density at radius 2 is 0.855 bits per heavy atom. The molecule has 1 N–H and O–H groups in total. The average Bonchev–Trinajstić information content (AvgIpc) is 3.39. The summed E-state index contributed by atoms with van der Waals surface area (Å²) in [4.78, 5) is 41.3. The van der Waals surface area contributed by atoms with Crippen molar-refractivity contribution in [1.82, 2.24) is 0 Å². The van der Waals surface area contributed by atoms with Crippen LogP contribution in [0.3, 0.4) is 0 Å². The van der Waals surface area contributed by atoms with Crippen LogP contribution in [0, 0.1) is 0 Å². The monoisotopic (exact) mass is 938 g/mol. The van der Waals surface area contributed by atoms with E-state index >= 15 is 0 Å². The maximum Gasteiger partial charge on any atom is 0.338 e. The Labute approximate surface area is 400 Å². The molecular formula is C55H54O14. The van der Waals surface area contributed by atoms with E-state index in [9.17, 15) is 19.5 Å². The van der Waals surface area contributed by atoms with E-state index in [0.29, 0.717) is 0 Å². The molecule has 14 heteroatoms. The summed E-state index contributed by atoms with van der Waals surface area (Å²) in [7, 11) is 1.26. The highest BCUT2D eigenvalue weighted by atomic mass is 16.8. The maximum atomic E-state index is 14.1. The molecule has 2 heterocycles. The summed E-state index contributed by atoms with van der Waals surface area (Å²) < 4.78 is 64.6. The Kier molecular flexibility index (Phi) is 17.4. The van der Waals surface area contributed by atoms with E-state index in [4.69, 9.17) is 47.4 Å². The van der Waals surface area contributed by atoms with Crippen molar-refractivity contribution in [2.75, 3.05) is 13.7 Å². The van der Waals surface area contributed by atoms with Crippen molar-refractivity contribution >= 4 is 17.9 Å². The van der Waals surface area contributed by atoms with Gasteiger partial charge in [0.05, 0.1) is 44.2 Å². The van der Waals surface area contributed by atoms with Crippen LogP contribution in [0.25, 0.3) is 0 Å². The van der Waals surface area contributed by atoms with Gasteiger partial charge >= 0.3 is 17.9 Å². The van der Waals surface area contributed by atoms with Gasteiger partial charge in [-0.3, -0.25) is 0 Å². The Balaban J connectivity index is 1.21. The molecule has 8 rings (SSSR count). The van der Waals surface area contributed by atoms with Crippen LogP contribution in [0.1, 0.15) is 43.0 Å². The minimum atomic E-state index is -1.88. The molecule has 2 saturated heterocycles. The fourth-order valence-corrected chi connectivity index (χ4v) is 8.15. The van der Waals surface area contributed by atoms with Crippen LogP contribution in [0.15, 0.2) is 182 Å². The van der Waals surface area contributed by atoms with Gasteiger partial charge in [-0.05, 0) is 46.5 Å². The van der Waals surface area contributed by atoms with E-state index < -0.39 is 79.3 Å². The normalized spacial score (nSPS) is 24.5. The molecule has 0 spiro atoms. The van der Waals surface area contributed by atoms with Gasteiger partial charge in [0.15, 0.2) is 30.9 Å². The first-order chi connectivity index (χ1) is 33.8. The standard InChI is InChI=1S/C55H54O14/c1-60-54-50(67-53(59)42-30-18-7-19-31-42)47(66-52(58)41-28-16-6-17-29-41)46(48(69-54)51(56)57)68-55-49(64-35-40-26-14-5-15-27-40)45(63-34-39-24-12-4-13-25-39)44(62-33-38-22-10-3-11-23-38)43(65-55)36-61-32-37-20-8-2-9-21-37/h2-31,43-50,54-55H,32-36H2,1H3,(H,56,57)/t43-,44-,45+,46+,47+,48+,49-,50-,54-,55-/m1/s1. The fraction of sp³-hybridized carbons (Fsp3) is 0.291. The van der Waals surface area contributed by atoms with E-state index in [1.165, 1.54) is 19.2 Å². The Hall–Kier alpha value is -6.59. The number of ether oxygens (including phenoxy) is 10. The van der Waals surface area contributed by atoms with Gasteiger partial charge in [-0.1, -0.05) is 158 Å².